The minimum atomic E-state index is 0.510. The molecular weight excluding hydrogens is 272 g/mol. The largest absolute Gasteiger partial charge is 0.363 e. The van der Waals surface area contributed by atoms with Gasteiger partial charge in [0.25, 0.3) is 0 Å². The van der Waals surface area contributed by atoms with Gasteiger partial charge in [-0.1, -0.05) is 36.9 Å². The summed E-state index contributed by atoms with van der Waals surface area (Å²) in [6.45, 7) is 4.33. The Kier molecular flexibility index (Phi) is 4.36. The molecule has 0 saturated carbocycles. The van der Waals surface area contributed by atoms with E-state index in [4.69, 9.17) is 0 Å². The molecule has 17 heavy (non-hydrogen) atoms. The Bertz CT molecular complexity index is 477. The second-order valence-corrected chi connectivity index (χ2v) is 6.83. The smallest absolute Gasteiger partial charge is 0.206 e. The molecule has 4 nitrogen and oxygen atoms in total. The van der Waals surface area contributed by atoms with Crippen molar-refractivity contribution in [3.05, 3.63) is 16.1 Å². The average Bonchev–Trinajstić information content (AvgIpc) is 2.95. The van der Waals surface area contributed by atoms with Crippen molar-refractivity contribution in [1.29, 1.82) is 0 Å². The van der Waals surface area contributed by atoms with E-state index in [1.807, 2.05) is 7.05 Å². The van der Waals surface area contributed by atoms with E-state index in [-0.39, 0.29) is 0 Å². The van der Waals surface area contributed by atoms with Gasteiger partial charge < -0.3 is 5.32 Å². The van der Waals surface area contributed by atoms with Gasteiger partial charge in [-0.25, -0.2) is 4.98 Å². The van der Waals surface area contributed by atoms with Gasteiger partial charge in [0.2, 0.25) is 5.13 Å². The van der Waals surface area contributed by atoms with Gasteiger partial charge in [-0.15, -0.1) is 21.5 Å². The molecule has 0 radical (unpaired) electrons. The molecular formula is C10H14N4S3. The number of rotatable bonds is 5. The van der Waals surface area contributed by atoms with Crippen LogP contribution in [0.4, 0.5) is 5.13 Å². The lowest BCUT2D eigenvalue weighted by molar-refractivity contribution is 0.846. The molecule has 2 aromatic heterocycles. The summed E-state index contributed by atoms with van der Waals surface area (Å²) in [6, 6.07) is 0. The molecule has 0 aliphatic heterocycles. The number of thioether (sulfide) groups is 1. The second kappa shape index (κ2) is 5.79. The molecule has 2 aromatic rings. The Hall–Kier alpha value is -0.660. The van der Waals surface area contributed by atoms with E-state index in [0.29, 0.717) is 5.92 Å². The molecule has 0 spiro atoms. The summed E-state index contributed by atoms with van der Waals surface area (Å²) in [4.78, 5) is 4.59. The summed E-state index contributed by atoms with van der Waals surface area (Å²) < 4.78 is 0.980. The first-order valence-corrected chi connectivity index (χ1v) is 7.95. The highest BCUT2D eigenvalue weighted by atomic mass is 32.2. The fourth-order valence-electron chi connectivity index (χ4n) is 1.16. The first-order chi connectivity index (χ1) is 8.19. The van der Waals surface area contributed by atoms with Crippen LogP contribution in [0.15, 0.2) is 9.72 Å². The molecule has 0 unspecified atom stereocenters. The summed E-state index contributed by atoms with van der Waals surface area (Å²) in [5.74, 6) is 1.37. The zero-order valence-corrected chi connectivity index (χ0v) is 12.4. The fraction of sp³-hybridized carbons (Fsp3) is 0.500. The van der Waals surface area contributed by atoms with Crippen molar-refractivity contribution in [3.8, 4) is 0 Å². The van der Waals surface area contributed by atoms with Crippen LogP contribution in [0.2, 0.25) is 0 Å². The van der Waals surface area contributed by atoms with Crippen LogP contribution < -0.4 is 5.32 Å². The zero-order valence-electron chi connectivity index (χ0n) is 9.93. The molecule has 92 valence electrons. The zero-order chi connectivity index (χ0) is 12.3. The van der Waals surface area contributed by atoms with Crippen LogP contribution in [0.1, 0.15) is 30.5 Å². The third-order valence-corrected chi connectivity index (χ3v) is 5.33. The standard InChI is InChI=1S/C10H14N4S3/c1-6(2)8-12-7(4-15-8)5-16-10-14-13-9(11-3)17-10/h4,6H,5H2,1-3H3,(H,11,13). The predicted octanol–water partition coefficient (Wildman–Crippen LogP) is 3.45. The molecule has 0 aliphatic carbocycles. The van der Waals surface area contributed by atoms with Crippen LogP contribution in [0, 0.1) is 0 Å². The van der Waals surface area contributed by atoms with E-state index in [1.54, 1.807) is 34.4 Å². The van der Waals surface area contributed by atoms with E-state index in [0.717, 1.165) is 20.9 Å². The Morgan fingerprint density at radius 2 is 2.24 bits per heavy atom. The van der Waals surface area contributed by atoms with E-state index in [2.05, 4.69) is 39.7 Å². The van der Waals surface area contributed by atoms with Crippen molar-refractivity contribution < 1.29 is 0 Å². The second-order valence-electron chi connectivity index (χ2n) is 3.74. The Labute approximate surface area is 113 Å². The Balaban J connectivity index is 1.92. The van der Waals surface area contributed by atoms with Crippen LogP contribution in [-0.2, 0) is 5.75 Å². The first-order valence-electron chi connectivity index (χ1n) is 5.27. The summed E-state index contributed by atoms with van der Waals surface area (Å²) in [6.07, 6.45) is 0. The van der Waals surface area contributed by atoms with Crippen molar-refractivity contribution in [1.82, 2.24) is 15.2 Å². The molecule has 0 aliphatic rings. The van der Waals surface area contributed by atoms with Crippen molar-refractivity contribution in [2.24, 2.45) is 0 Å². The minimum Gasteiger partial charge on any atom is -0.363 e. The third-order valence-electron chi connectivity index (χ3n) is 2.03. The number of nitrogens with one attached hydrogen (secondary N) is 1. The van der Waals surface area contributed by atoms with Crippen molar-refractivity contribution in [2.45, 2.75) is 29.9 Å². The topological polar surface area (TPSA) is 50.7 Å². The summed E-state index contributed by atoms with van der Waals surface area (Å²) in [5, 5.41) is 15.3. The fourth-order valence-corrected chi connectivity index (χ4v) is 3.70. The molecule has 1 N–H and O–H groups in total. The predicted molar refractivity (Wildman–Crippen MR) is 75.2 cm³/mol. The number of hydrogen-bond acceptors (Lipinski definition) is 7. The van der Waals surface area contributed by atoms with Crippen molar-refractivity contribution in [3.63, 3.8) is 0 Å². The average molecular weight is 286 g/mol. The molecule has 0 aromatic carbocycles. The molecule has 2 rings (SSSR count). The summed E-state index contributed by atoms with van der Waals surface area (Å²) in [5.41, 5.74) is 1.13. The van der Waals surface area contributed by atoms with Crippen molar-refractivity contribution in [2.75, 3.05) is 12.4 Å². The van der Waals surface area contributed by atoms with E-state index in [1.165, 1.54) is 5.01 Å². The molecule has 0 atom stereocenters. The normalized spacial score (nSPS) is 11.1. The lowest BCUT2D eigenvalue weighted by atomic mass is 10.2. The molecule has 7 heteroatoms. The number of thiazole rings is 1. The first kappa shape index (κ1) is 12.8. The summed E-state index contributed by atoms with van der Waals surface area (Å²) >= 11 is 4.99. The highest BCUT2D eigenvalue weighted by Crippen LogP contribution is 2.29. The molecule has 0 bridgehead atoms. The highest BCUT2D eigenvalue weighted by Gasteiger charge is 2.08. The third kappa shape index (κ3) is 3.40. The minimum absolute atomic E-state index is 0.510. The van der Waals surface area contributed by atoms with Gasteiger partial charge in [0.1, 0.15) is 0 Å². The number of aromatic nitrogens is 3. The van der Waals surface area contributed by atoms with Crippen LogP contribution in [0.25, 0.3) is 0 Å². The van der Waals surface area contributed by atoms with Gasteiger partial charge in [-0.05, 0) is 0 Å². The molecule has 0 amide bonds. The molecule has 0 saturated heterocycles. The SMILES string of the molecule is CNc1nnc(SCc2csc(C(C)C)n2)s1. The van der Waals surface area contributed by atoms with Gasteiger partial charge in [0, 0.05) is 24.1 Å². The van der Waals surface area contributed by atoms with E-state index < -0.39 is 0 Å². The maximum Gasteiger partial charge on any atom is 0.206 e. The van der Waals surface area contributed by atoms with Crippen LogP contribution in [-0.4, -0.2) is 22.2 Å². The quantitative estimate of drug-likeness (QED) is 0.853. The molecule has 0 fully saturated rings. The van der Waals surface area contributed by atoms with Crippen molar-refractivity contribution >= 4 is 39.6 Å². The monoisotopic (exact) mass is 286 g/mol. The van der Waals surface area contributed by atoms with Gasteiger partial charge >= 0.3 is 0 Å². The maximum absolute atomic E-state index is 4.59. The highest BCUT2D eigenvalue weighted by molar-refractivity contribution is 8.00. The van der Waals surface area contributed by atoms with Gasteiger partial charge in [-0.2, -0.15) is 0 Å². The number of hydrogen-bond donors (Lipinski definition) is 1. The molecule has 2 heterocycles. The van der Waals surface area contributed by atoms with E-state index >= 15 is 0 Å². The Morgan fingerprint density at radius 3 is 2.82 bits per heavy atom. The van der Waals surface area contributed by atoms with Crippen LogP contribution in [0.3, 0.4) is 0 Å². The maximum atomic E-state index is 4.59. The van der Waals surface area contributed by atoms with Crippen LogP contribution in [0.5, 0.6) is 0 Å². The van der Waals surface area contributed by atoms with Gasteiger partial charge in [-0.3, -0.25) is 0 Å². The summed E-state index contributed by atoms with van der Waals surface area (Å²) in [7, 11) is 1.85. The lowest BCUT2D eigenvalue weighted by Gasteiger charge is -1.96. The van der Waals surface area contributed by atoms with E-state index in [9.17, 15) is 0 Å². The number of anilines is 1. The van der Waals surface area contributed by atoms with Crippen LogP contribution >= 0.6 is 34.4 Å². The van der Waals surface area contributed by atoms with Gasteiger partial charge in [0.15, 0.2) is 4.34 Å². The van der Waals surface area contributed by atoms with Gasteiger partial charge in [0.05, 0.1) is 10.7 Å². The number of nitrogens with zero attached hydrogens (tertiary/aromatic N) is 3. The Morgan fingerprint density at radius 1 is 1.41 bits per heavy atom. The lowest BCUT2D eigenvalue weighted by Crippen LogP contribution is -1.87.